The van der Waals surface area contributed by atoms with Crippen LogP contribution in [-0.2, 0) is 0 Å². The summed E-state index contributed by atoms with van der Waals surface area (Å²) in [6.45, 7) is 2.28. The molecular formula is C17H33N. The summed E-state index contributed by atoms with van der Waals surface area (Å²) >= 11 is 0. The summed E-state index contributed by atoms with van der Waals surface area (Å²) in [7, 11) is 0. The van der Waals surface area contributed by atoms with Gasteiger partial charge in [-0.1, -0.05) is 83.3 Å². The van der Waals surface area contributed by atoms with Crippen LogP contribution in [0.5, 0.6) is 0 Å². The van der Waals surface area contributed by atoms with Gasteiger partial charge in [-0.05, 0) is 25.1 Å². The van der Waals surface area contributed by atoms with E-state index in [-0.39, 0.29) is 0 Å². The van der Waals surface area contributed by atoms with Crippen LogP contribution in [0, 0.1) is 0 Å². The second-order valence-electron chi connectivity index (χ2n) is 5.14. The summed E-state index contributed by atoms with van der Waals surface area (Å²) in [5.74, 6) is 0. The highest BCUT2D eigenvalue weighted by Crippen LogP contribution is 2.11. The van der Waals surface area contributed by atoms with Crippen molar-refractivity contribution in [2.24, 2.45) is 5.73 Å². The van der Waals surface area contributed by atoms with E-state index in [4.69, 9.17) is 5.73 Å². The van der Waals surface area contributed by atoms with Crippen molar-refractivity contribution in [2.45, 2.75) is 84.0 Å². The summed E-state index contributed by atoms with van der Waals surface area (Å²) in [5, 5.41) is 0. The summed E-state index contributed by atoms with van der Waals surface area (Å²) in [4.78, 5) is 0. The van der Waals surface area contributed by atoms with E-state index >= 15 is 0 Å². The molecule has 18 heavy (non-hydrogen) atoms. The molecule has 0 rings (SSSR count). The molecule has 1 heteroatoms. The Balaban J connectivity index is 2.98. The minimum absolute atomic E-state index is 1.20. The average Bonchev–Trinajstić information content (AvgIpc) is 2.39. The molecule has 0 saturated heterocycles. The van der Waals surface area contributed by atoms with Crippen LogP contribution < -0.4 is 5.73 Å². The molecule has 106 valence electrons. The molecule has 0 heterocycles. The summed E-state index contributed by atoms with van der Waals surface area (Å²) in [5.41, 5.74) is 5.24. The molecule has 0 atom stereocenters. The van der Waals surface area contributed by atoms with Crippen LogP contribution in [0.1, 0.15) is 84.0 Å². The summed E-state index contributed by atoms with van der Waals surface area (Å²) < 4.78 is 0. The van der Waals surface area contributed by atoms with Gasteiger partial charge >= 0.3 is 0 Å². The number of unbranched alkanes of at least 4 members (excludes halogenated alkanes) is 11. The lowest BCUT2D eigenvalue weighted by atomic mass is 10.1. The van der Waals surface area contributed by atoms with Crippen LogP contribution in [0.15, 0.2) is 24.4 Å². The highest BCUT2D eigenvalue weighted by Gasteiger charge is 1.92. The van der Waals surface area contributed by atoms with Gasteiger partial charge in [-0.25, -0.2) is 0 Å². The molecular weight excluding hydrogens is 218 g/mol. The first-order valence-electron chi connectivity index (χ1n) is 7.95. The zero-order chi connectivity index (χ0) is 13.3. The maximum absolute atomic E-state index is 5.24. The van der Waals surface area contributed by atoms with Crippen molar-refractivity contribution in [1.82, 2.24) is 0 Å². The van der Waals surface area contributed by atoms with Crippen LogP contribution >= 0.6 is 0 Å². The molecule has 0 aromatic heterocycles. The Hall–Kier alpha value is -0.720. The molecule has 0 aliphatic heterocycles. The molecule has 0 spiro atoms. The van der Waals surface area contributed by atoms with Gasteiger partial charge in [0.2, 0.25) is 0 Å². The number of nitrogens with two attached hydrogens (primary N) is 1. The highest BCUT2D eigenvalue weighted by atomic mass is 14.5. The van der Waals surface area contributed by atoms with E-state index in [1.165, 1.54) is 77.0 Å². The maximum atomic E-state index is 5.24. The van der Waals surface area contributed by atoms with E-state index in [0.29, 0.717) is 0 Å². The van der Waals surface area contributed by atoms with Gasteiger partial charge in [-0.2, -0.15) is 0 Å². The van der Waals surface area contributed by atoms with Crippen LogP contribution in [0.3, 0.4) is 0 Å². The fourth-order valence-electron chi connectivity index (χ4n) is 2.17. The van der Waals surface area contributed by atoms with E-state index in [0.717, 1.165) is 0 Å². The maximum Gasteiger partial charge on any atom is -0.00625 e. The molecule has 0 saturated carbocycles. The second kappa shape index (κ2) is 16.3. The molecule has 0 radical (unpaired) electrons. The molecule has 0 fully saturated rings. The number of allylic oxidation sites excluding steroid dienone is 3. The van der Waals surface area contributed by atoms with Crippen molar-refractivity contribution in [2.75, 3.05) is 0 Å². The lowest BCUT2D eigenvalue weighted by Crippen LogP contribution is -1.81. The quantitative estimate of drug-likeness (QED) is 0.329. The van der Waals surface area contributed by atoms with Crippen molar-refractivity contribution >= 4 is 0 Å². The average molecular weight is 251 g/mol. The van der Waals surface area contributed by atoms with E-state index in [2.05, 4.69) is 13.0 Å². The Kier molecular flexibility index (Phi) is 15.6. The van der Waals surface area contributed by atoms with Gasteiger partial charge < -0.3 is 5.73 Å². The van der Waals surface area contributed by atoms with Gasteiger partial charge in [-0.3, -0.25) is 0 Å². The fourth-order valence-corrected chi connectivity index (χ4v) is 2.17. The first-order chi connectivity index (χ1) is 8.91. The van der Waals surface area contributed by atoms with Crippen LogP contribution in [-0.4, -0.2) is 0 Å². The van der Waals surface area contributed by atoms with Gasteiger partial charge in [0.25, 0.3) is 0 Å². The summed E-state index contributed by atoms with van der Waals surface area (Å²) in [6, 6.07) is 0. The molecule has 0 bridgehead atoms. The number of rotatable bonds is 13. The predicted molar refractivity (Wildman–Crippen MR) is 83.5 cm³/mol. The Morgan fingerprint density at radius 1 is 0.667 bits per heavy atom. The third kappa shape index (κ3) is 15.3. The molecule has 0 aliphatic carbocycles. The van der Waals surface area contributed by atoms with E-state index in [9.17, 15) is 0 Å². The molecule has 1 nitrogen and oxygen atoms in total. The largest absolute Gasteiger partial charge is 0.405 e. The SMILES string of the molecule is CCCCCCCCCCCCCC=CC=CN. The zero-order valence-corrected chi connectivity index (χ0v) is 12.4. The molecule has 0 aromatic carbocycles. The molecule has 0 unspecified atom stereocenters. The lowest BCUT2D eigenvalue weighted by molar-refractivity contribution is 0.550. The first-order valence-corrected chi connectivity index (χ1v) is 7.95. The minimum Gasteiger partial charge on any atom is -0.405 e. The van der Waals surface area contributed by atoms with Crippen molar-refractivity contribution in [3.8, 4) is 0 Å². The summed E-state index contributed by atoms with van der Waals surface area (Å²) in [6.07, 6.45) is 24.5. The van der Waals surface area contributed by atoms with E-state index in [1.807, 2.05) is 12.2 Å². The second-order valence-corrected chi connectivity index (χ2v) is 5.14. The Morgan fingerprint density at radius 2 is 1.17 bits per heavy atom. The van der Waals surface area contributed by atoms with Gasteiger partial charge in [0.1, 0.15) is 0 Å². The number of hydrogen-bond donors (Lipinski definition) is 1. The molecule has 0 aromatic rings. The van der Waals surface area contributed by atoms with Crippen LogP contribution in [0.4, 0.5) is 0 Å². The topological polar surface area (TPSA) is 26.0 Å². The van der Waals surface area contributed by atoms with E-state index < -0.39 is 0 Å². The number of hydrogen-bond acceptors (Lipinski definition) is 1. The van der Waals surface area contributed by atoms with Gasteiger partial charge in [0.15, 0.2) is 0 Å². The molecule has 2 N–H and O–H groups in total. The van der Waals surface area contributed by atoms with Crippen molar-refractivity contribution < 1.29 is 0 Å². The normalized spacial score (nSPS) is 11.8. The minimum atomic E-state index is 1.20. The highest BCUT2D eigenvalue weighted by molar-refractivity contribution is 5.00. The Morgan fingerprint density at radius 3 is 1.67 bits per heavy atom. The first kappa shape index (κ1) is 17.3. The Labute approximate surface area is 115 Å². The monoisotopic (exact) mass is 251 g/mol. The van der Waals surface area contributed by atoms with Crippen molar-refractivity contribution in [3.63, 3.8) is 0 Å². The van der Waals surface area contributed by atoms with E-state index in [1.54, 1.807) is 6.20 Å². The molecule has 0 aliphatic rings. The van der Waals surface area contributed by atoms with Gasteiger partial charge in [0, 0.05) is 0 Å². The van der Waals surface area contributed by atoms with Crippen molar-refractivity contribution in [1.29, 1.82) is 0 Å². The van der Waals surface area contributed by atoms with Crippen LogP contribution in [0.25, 0.3) is 0 Å². The zero-order valence-electron chi connectivity index (χ0n) is 12.4. The third-order valence-electron chi connectivity index (χ3n) is 3.33. The smallest absolute Gasteiger partial charge is 0.00625 e. The third-order valence-corrected chi connectivity index (χ3v) is 3.33. The Bertz CT molecular complexity index is 194. The molecule has 0 amide bonds. The van der Waals surface area contributed by atoms with Crippen LogP contribution in [0.2, 0.25) is 0 Å². The fraction of sp³-hybridized carbons (Fsp3) is 0.765. The van der Waals surface area contributed by atoms with Crippen molar-refractivity contribution in [3.05, 3.63) is 24.4 Å². The van der Waals surface area contributed by atoms with Gasteiger partial charge in [-0.15, -0.1) is 0 Å². The standard InChI is InChI=1S/C17H33N/c1-2-3-4-5-6-7-8-9-10-11-12-13-14-15-16-17-18/h14-17H,2-13,18H2,1H3. The van der Waals surface area contributed by atoms with Gasteiger partial charge in [0.05, 0.1) is 0 Å². The predicted octanol–water partition coefficient (Wildman–Crippen LogP) is 5.72. The lowest BCUT2D eigenvalue weighted by Gasteiger charge is -2.01.